The van der Waals surface area contributed by atoms with E-state index in [9.17, 15) is 0 Å². The maximum atomic E-state index is 5.98. The standard InChI is InChI=1S/C18H29N3O/c1-4-5-6-11-22-17-12-14(2)7-8-15(17)13-20-18(19-3)21-16-9-10-16/h7-8,12,16H,4-6,9-11,13H2,1-3H3,(H2,19,20,21). The second kappa shape index (κ2) is 8.66. The molecule has 1 aliphatic carbocycles. The van der Waals surface area contributed by atoms with Crippen molar-refractivity contribution in [3.63, 3.8) is 0 Å². The summed E-state index contributed by atoms with van der Waals surface area (Å²) in [6.07, 6.45) is 6.04. The average molecular weight is 303 g/mol. The summed E-state index contributed by atoms with van der Waals surface area (Å²) in [6.45, 7) is 5.83. The molecule has 0 amide bonds. The highest BCUT2D eigenvalue weighted by Gasteiger charge is 2.22. The summed E-state index contributed by atoms with van der Waals surface area (Å²) in [5, 5.41) is 6.78. The van der Waals surface area contributed by atoms with Gasteiger partial charge in [0.2, 0.25) is 0 Å². The lowest BCUT2D eigenvalue weighted by molar-refractivity contribution is 0.303. The number of ether oxygens (including phenoxy) is 1. The lowest BCUT2D eigenvalue weighted by Crippen LogP contribution is -2.38. The molecule has 0 aromatic heterocycles. The van der Waals surface area contributed by atoms with Crippen molar-refractivity contribution in [2.45, 2.75) is 58.5 Å². The summed E-state index contributed by atoms with van der Waals surface area (Å²) in [6, 6.07) is 7.00. The lowest BCUT2D eigenvalue weighted by Gasteiger charge is -2.15. The molecule has 22 heavy (non-hydrogen) atoms. The van der Waals surface area contributed by atoms with Gasteiger partial charge in [-0.05, 0) is 37.8 Å². The molecule has 1 fully saturated rings. The summed E-state index contributed by atoms with van der Waals surface area (Å²) in [4.78, 5) is 4.27. The molecular formula is C18H29N3O. The first-order valence-corrected chi connectivity index (χ1v) is 8.42. The number of hydrogen-bond acceptors (Lipinski definition) is 2. The minimum atomic E-state index is 0.606. The molecule has 0 atom stereocenters. The number of rotatable bonds is 8. The summed E-state index contributed by atoms with van der Waals surface area (Å²) >= 11 is 0. The largest absolute Gasteiger partial charge is 0.493 e. The highest BCUT2D eigenvalue weighted by molar-refractivity contribution is 5.80. The fourth-order valence-corrected chi connectivity index (χ4v) is 2.27. The van der Waals surface area contributed by atoms with Crippen LogP contribution in [0, 0.1) is 6.92 Å². The molecule has 1 aromatic carbocycles. The van der Waals surface area contributed by atoms with Gasteiger partial charge in [-0.25, -0.2) is 0 Å². The van der Waals surface area contributed by atoms with Gasteiger partial charge in [-0.1, -0.05) is 31.9 Å². The molecule has 0 heterocycles. The van der Waals surface area contributed by atoms with E-state index >= 15 is 0 Å². The molecule has 0 spiro atoms. The number of aryl methyl sites for hydroxylation is 1. The predicted molar refractivity (Wildman–Crippen MR) is 92.6 cm³/mol. The Bertz CT molecular complexity index is 495. The van der Waals surface area contributed by atoms with Crippen LogP contribution in [-0.4, -0.2) is 25.7 Å². The van der Waals surface area contributed by atoms with Gasteiger partial charge < -0.3 is 15.4 Å². The molecular weight excluding hydrogens is 274 g/mol. The van der Waals surface area contributed by atoms with E-state index in [-0.39, 0.29) is 0 Å². The molecule has 0 saturated heterocycles. The number of nitrogens with zero attached hydrogens (tertiary/aromatic N) is 1. The van der Waals surface area contributed by atoms with Crippen LogP contribution in [0.5, 0.6) is 5.75 Å². The van der Waals surface area contributed by atoms with Crippen LogP contribution in [0.1, 0.15) is 50.2 Å². The maximum Gasteiger partial charge on any atom is 0.191 e. The molecule has 122 valence electrons. The van der Waals surface area contributed by atoms with Crippen LogP contribution in [0.3, 0.4) is 0 Å². The van der Waals surface area contributed by atoms with Gasteiger partial charge in [0.25, 0.3) is 0 Å². The van der Waals surface area contributed by atoms with Crippen molar-refractivity contribution in [3.05, 3.63) is 29.3 Å². The fraction of sp³-hybridized carbons (Fsp3) is 0.611. The topological polar surface area (TPSA) is 45.6 Å². The van der Waals surface area contributed by atoms with Gasteiger partial charge in [-0.15, -0.1) is 0 Å². The predicted octanol–water partition coefficient (Wildman–Crippen LogP) is 3.39. The Morgan fingerprint density at radius 3 is 2.82 bits per heavy atom. The van der Waals surface area contributed by atoms with E-state index in [4.69, 9.17) is 4.74 Å². The summed E-state index contributed by atoms with van der Waals surface area (Å²) in [5.74, 6) is 1.87. The monoisotopic (exact) mass is 303 g/mol. The molecule has 0 radical (unpaired) electrons. The van der Waals surface area contributed by atoms with Crippen molar-refractivity contribution < 1.29 is 4.74 Å². The van der Waals surface area contributed by atoms with Gasteiger partial charge in [-0.3, -0.25) is 4.99 Å². The molecule has 2 N–H and O–H groups in total. The number of unbranched alkanes of at least 4 members (excludes halogenated alkanes) is 2. The van der Waals surface area contributed by atoms with Gasteiger partial charge >= 0.3 is 0 Å². The number of aliphatic imine (C=N–C) groups is 1. The Morgan fingerprint density at radius 1 is 1.32 bits per heavy atom. The summed E-state index contributed by atoms with van der Waals surface area (Å²) < 4.78 is 5.98. The Labute approximate surface area is 134 Å². The molecule has 0 aliphatic heterocycles. The number of hydrogen-bond donors (Lipinski definition) is 2. The van der Waals surface area contributed by atoms with Crippen LogP contribution in [0.25, 0.3) is 0 Å². The van der Waals surface area contributed by atoms with Gasteiger partial charge in [0.15, 0.2) is 5.96 Å². The highest BCUT2D eigenvalue weighted by atomic mass is 16.5. The molecule has 1 saturated carbocycles. The quantitative estimate of drug-likeness (QED) is 0.439. The van der Waals surface area contributed by atoms with Gasteiger partial charge in [0.05, 0.1) is 6.61 Å². The van der Waals surface area contributed by atoms with Crippen LogP contribution in [0.2, 0.25) is 0 Å². The Balaban J connectivity index is 1.90. The zero-order valence-corrected chi connectivity index (χ0v) is 14.1. The average Bonchev–Trinajstić information content (AvgIpc) is 3.33. The maximum absolute atomic E-state index is 5.98. The summed E-state index contributed by atoms with van der Waals surface area (Å²) in [5.41, 5.74) is 2.41. The Kier molecular flexibility index (Phi) is 6.56. The van der Waals surface area contributed by atoms with Crippen molar-refractivity contribution in [1.82, 2.24) is 10.6 Å². The zero-order chi connectivity index (χ0) is 15.8. The van der Waals surface area contributed by atoms with E-state index < -0.39 is 0 Å². The summed E-state index contributed by atoms with van der Waals surface area (Å²) in [7, 11) is 1.81. The first-order valence-electron chi connectivity index (χ1n) is 8.42. The zero-order valence-electron chi connectivity index (χ0n) is 14.1. The molecule has 4 nitrogen and oxygen atoms in total. The third kappa shape index (κ3) is 5.58. The van der Waals surface area contributed by atoms with Crippen molar-refractivity contribution in [1.29, 1.82) is 0 Å². The highest BCUT2D eigenvalue weighted by Crippen LogP contribution is 2.21. The fourth-order valence-electron chi connectivity index (χ4n) is 2.27. The van der Waals surface area contributed by atoms with E-state index in [2.05, 4.69) is 47.7 Å². The third-order valence-electron chi connectivity index (χ3n) is 3.82. The Hall–Kier alpha value is -1.71. The molecule has 1 aromatic rings. The van der Waals surface area contributed by atoms with Crippen LogP contribution in [0.15, 0.2) is 23.2 Å². The van der Waals surface area contributed by atoms with Crippen LogP contribution < -0.4 is 15.4 Å². The second-order valence-electron chi connectivity index (χ2n) is 6.01. The first kappa shape index (κ1) is 16.7. The smallest absolute Gasteiger partial charge is 0.191 e. The van der Waals surface area contributed by atoms with Crippen LogP contribution in [-0.2, 0) is 6.54 Å². The van der Waals surface area contributed by atoms with E-state index in [1.807, 2.05) is 7.05 Å². The minimum absolute atomic E-state index is 0.606. The van der Waals surface area contributed by atoms with Gasteiger partial charge in [0, 0.05) is 25.2 Å². The molecule has 2 rings (SSSR count). The molecule has 1 aliphatic rings. The van der Waals surface area contributed by atoms with E-state index in [0.29, 0.717) is 6.04 Å². The molecule has 4 heteroatoms. The van der Waals surface area contributed by atoms with Crippen molar-refractivity contribution in [2.75, 3.05) is 13.7 Å². The SMILES string of the molecule is CCCCCOc1cc(C)ccc1CNC(=NC)NC1CC1. The Morgan fingerprint density at radius 2 is 2.14 bits per heavy atom. The van der Waals surface area contributed by atoms with Crippen LogP contribution in [0.4, 0.5) is 0 Å². The normalized spacial score (nSPS) is 14.8. The van der Waals surface area contributed by atoms with Gasteiger partial charge in [0.1, 0.15) is 5.75 Å². The first-order chi connectivity index (χ1) is 10.7. The lowest BCUT2D eigenvalue weighted by atomic mass is 10.1. The molecule has 0 bridgehead atoms. The van der Waals surface area contributed by atoms with E-state index in [1.165, 1.54) is 36.8 Å². The number of guanidine groups is 1. The van der Waals surface area contributed by atoms with Crippen molar-refractivity contribution >= 4 is 5.96 Å². The van der Waals surface area contributed by atoms with E-state index in [0.717, 1.165) is 31.3 Å². The third-order valence-corrected chi connectivity index (χ3v) is 3.82. The van der Waals surface area contributed by atoms with Crippen LogP contribution >= 0.6 is 0 Å². The van der Waals surface area contributed by atoms with E-state index in [1.54, 1.807) is 0 Å². The minimum Gasteiger partial charge on any atom is -0.493 e. The van der Waals surface area contributed by atoms with Gasteiger partial charge in [-0.2, -0.15) is 0 Å². The molecule has 0 unspecified atom stereocenters. The second-order valence-corrected chi connectivity index (χ2v) is 6.01. The van der Waals surface area contributed by atoms with Crippen molar-refractivity contribution in [2.24, 2.45) is 4.99 Å². The van der Waals surface area contributed by atoms with Crippen molar-refractivity contribution in [3.8, 4) is 5.75 Å². The number of benzene rings is 1. The number of nitrogens with one attached hydrogen (secondary N) is 2.